The van der Waals surface area contributed by atoms with Crippen molar-refractivity contribution in [2.45, 2.75) is 18.9 Å². The lowest BCUT2D eigenvalue weighted by atomic mass is 10.0. The molecule has 1 aromatic rings. The van der Waals surface area contributed by atoms with Crippen molar-refractivity contribution >= 4 is 0 Å². The third-order valence-electron chi connectivity index (χ3n) is 2.99. The Bertz CT molecular complexity index is 306. The van der Waals surface area contributed by atoms with Gasteiger partial charge in [0.25, 0.3) is 0 Å². The van der Waals surface area contributed by atoms with Crippen LogP contribution in [-0.4, -0.2) is 7.11 Å². The summed E-state index contributed by atoms with van der Waals surface area (Å²) in [4.78, 5) is 0. The Labute approximate surface area is 78.7 Å². The zero-order valence-electron chi connectivity index (χ0n) is 8.08. The first-order valence-corrected chi connectivity index (χ1v) is 4.60. The Morgan fingerprint density at radius 2 is 1.92 bits per heavy atom. The Morgan fingerprint density at radius 3 is 2.31 bits per heavy atom. The summed E-state index contributed by atoms with van der Waals surface area (Å²) in [6, 6.07) is 8.05. The van der Waals surface area contributed by atoms with Gasteiger partial charge in [-0.05, 0) is 30.0 Å². The van der Waals surface area contributed by atoms with Crippen LogP contribution >= 0.6 is 0 Å². The monoisotopic (exact) mass is 177 g/mol. The molecule has 2 atom stereocenters. The minimum absolute atomic E-state index is 0.0632. The molecule has 0 aliphatic heterocycles. The summed E-state index contributed by atoms with van der Waals surface area (Å²) in [6.07, 6.45) is 1.10. The van der Waals surface area contributed by atoms with Gasteiger partial charge in [-0.3, -0.25) is 0 Å². The molecular weight excluding hydrogens is 162 g/mol. The largest absolute Gasteiger partial charge is 0.497 e. The SMILES string of the molecule is COc1ccc([C@]2(N)C[C@@H]2C)cc1. The van der Waals surface area contributed by atoms with Crippen molar-refractivity contribution in [3.8, 4) is 5.75 Å². The first kappa shape index (κ1) is 8.57. The van der Waals surface area contributed by atoms with E-state index in [1.54, 1.807) is 7.11 Å². The van der Waals surface area contributed by atoms with Crippen molar-refractivity contribution < 1.29 is 4.74 Å². The third-order valence-corrected chi connectivity index (χ3v) is 2.99. The number of methoxy groups -OCH3 is 1. The summed E-state index contributed by atoms with van der Waals surface area (Å²) in [5.41, 5.74) is 7.32. The van der Waals surface area contributed by atoms with Gasteiger partial charge in [0, 0.05) is 5.54 Å². The standard InChI is InChI=1S/C11H15NO/c1-8-7-11(8,12)9-3-5-10(13-2)6-4-9/h3-6,8H,7,12H2,1-2H3/t8-,11-/m0/s1. The average Bonchev–Trinajstić information content (AvgIpc) is 2.76. The molecule has 1 saturated carbocycles. The summed E-state index contributed by atoms with van der Waals surface area (Å²) in [5.74, 6) is 1.50. The molecule has 2 heteroatoms. The minimum Gasteiger partial charge on any atom is -0.497 e. The van der Waals surface area contributed by atoms with Crippen LogP contribution in [0.3, 0.4) is 0 Å². The summed E-state index contributed by atoms with van der Waals surface area (Å²) in [6.45, 7) is 2.18. The fourth-order valence-corrected chi connectivity index (χ4v) is 1.75. The minimum atomic E-state index is -0.0632. The van der Waals surface area contributed by atoms with E-state index in [2.05, 4.69) is 19.1 Å². The van der Waals surface area contributed by atoms with Crippen molar-refractivity contribution in [2.24, 2.45) is 11.7 Å². The molecule has 1 fully saturated rings. The lowest BCUT2D eigenvalue weighted by Crippen LogP contribution is -2.21. The highest BCUT2D eigenvalue weighted by Crippen LogP contribution is 2.49. The molecule has 1 aliphatic carbocycles. The highest BCUT2D eigenvalue weighted by Gasteiger charge is 2.48. The normalized spacial score (nSPS) is 31.5. The van der Waals surface area contributed by atoms with Crippen LogP contribution in [0.1, 0.15) is 18.9 Å². The van der Waals surface area contributed by atoms with Gasteiger partial charge in [0.1, 0.15) is 5.75 Å². The maximum absolute atomic E-state index is 6.16. The van der Waals surface area contributed by atoms with E-state index in [4.69, 9.17) is 10.5 Å². The smallest absolute Gasteiger partial charge is 0.118 e. The van der Waals surface area contributed by atoms with Crippen molar-refractivity contribution in [3.63, 3.8) is 0 Å². The number of nitrogens with two attached hydrogens (primary N) is 1. The zero-order valence-corrected chi connectivity index (χ0v) is 8.08. The van der Waals surface area contributed by atoms with E-state index < -0.39 is 0 Å². The summed E-state index contributed by atoms with van der Waals surface area (Å²) in [5, 5.41) is 0. The van der Waals surface area contributed by atoms with Gasteiger partial charge < -0.3 is 10.5 Å². The molecule has 0 amide bonds. The average molecular weight is 177 g/mol. The Hall–Kier alpha value is -1.02. The third kappa shape index (κ3) is 1.31. The number of hydrogen-bond acceptors (Lipinski definition) is 2. The van der Waals surface area contributed by atoms with Crippen LogP contribution in [0.5, 0.6) is 5.75 Å². The van der Waals surface area contributed by atoms with Crippen molar-refractivity contribution in [2.75, 3.05) is 7.11 Å². The van der Waals surface area contributed by atoms with Gasteiger partial charge in [-0.1, -0.05) is 19.1 Å². The van der Waals surface area contributed by atoms with Crippen LogP contribution in [-0.2, 0) is 5.54 Å². The van der Waals surface area contributed by atoms with Gasteiger partial charge in [0.15, 0.2) is 0 Å². The molecule has 0 spiro atoms. The summed E-state index contributed by atoms with van der Waals surface area (Å²) >= 11 is 0. The van der Waals surface area contributed by atoms with Crippen molar-refractivity contribution in [3.05, 3.63) is 29.8 Å². The van der Waals surface area contributed by atoms with Crippen LogP contribution in [0.2, 0.25) is 0 Å². The lowest BCUT2D eigenvalue weighted by Gasteiger charge is -2.10. The summed E-state index contributed by atoms with van der Waals surface area (Å²) in [7, 11) is 1.67. The van der Waals surface area contributed by atoms with Gasteiger partial charge in [0.2, 0.25) is 0 Å². The highest BCUT2D eigenvalue weighted by molar-refractivity contribution is 5.35. The second-order valence-electron chi connectivity index (χ2n) is 3.87. The van der Waals surface area contributed by atoms with Gasteiger partial charge in [-0.25, -0.2) is 0 Å². The number of hydrogen-bond donors (Lipinski definition) is 1. The predicted octanol–water partition coefficient (Wildman–Crippen LogP) is 1.89. The first-order chi connectivity index (χ1) is 6.16. The molecule has 0 heterocycles. The van der Waals surface area contributed by atoms with Crippen LogP contribution in [0.15, 0.2) is 24.3 Å². The van der Waals surface area contributed by atoms with Gasteiger partial charge in [0.05, 0.1) is 7.11 Å². The molecule has 0 bridgehead atoms. The molecule has 0 radical (unpaired) electrons. The Morgan fingerprint density at radius 1 is 1.38 bits per heavy atom. The number of ether oxygens (including phenoxy) is 1. The predicted molar refractivity (Wildman–Crippen MR) is 52.6 cm³/mol. The first-order valence-electron chi connectivity index (χ1n) is 4.60. The molecule has 2 rings (SSSR count). The van der Waals surface area contributed by atoms with E-state index in [-0.39, 0.29) is 5.54 Å². The Kier molecular flexibility index (Phi) is 1.81. The number of benzene rings is 1. The molecule has 2 N–H and O–H groups in total. The number of rotatable bonds is 2. The highest BCUT2D eigenvalue weighted by atomic mass is 16.5. The van der Waals surface area contributed by atoms with Gasteiger partial charge in [-0.15, -0.1) is 0 Å². The molecule has 1 aromatic carbocycles. The van der Waals surface area contributed by atoms with Crippen molar-refractivity contribution in [1.82, 2.24) is 0 Å². The quantitative estimate of drug-likeness (QED) is 0.748. The van der Waals surface area contributed by atoms with E-state index in [0.29, 0.717) is 5.92 Å². The second-order valence-corrected chi connectivity index (χ2v) is 3.87. The van der Waals surface area contributed by atoms with E-state index in [1.807, 2.05) is 12.1 Å². The zero-order chi connectivity index (χ0) is 9.47. The second kappa shape index (κ2) is 2.74. The van der Waals surface area contributed by atoms with E-state index in [9.17, 15) is 0 Å². The van der Waals surface area contributed by atoms with E-state index in [0.717, 1.165) is 12.2 Å². The van der Waals surface area contributed by atoms with Gasteiger partial charge in [-0.2, -0.15) is 0 Å². The summed E-state index contributed by atoms with van der Waals surface area (Å²) < 4.78 is 5.09. The van der Waals surface area contributed by atoms with Crippen LogP contribution in [0, 0.1) is 5.92 Å². The van der Waals surface area contributed by atoms with Crippen molar-refractivity contribution in [1.29, 1.82) is 0 Å². The Balaban J connectivity index is 2.24. The van der Waals surface area contributed by atoms with Crippen LogP contribution in [0.25, 0.3) is 0 Å². The molecule has 13 heavy (non-hydrogen) atoms. The van der Waals surface area contributed by atoms with E-state index in [1.165, 1.54) is 5.56 Å². The van der Waals surface area contributed by atoms with Crippen LogP contribution in [0.4, 0.5) is 0 Å². The van der Waals surface area contributed by atoms with E-state index >= 15 is 0 Å². The fraction of sp³-hybridized carbons (Fsp3) is 0.455. The fourth-order valence-electron chi connectivity index (χ4n) is 1.75. The molecule has 0 unspecified atom stereocenters. The van der Waals surface area contributed by atoms with Crippen LogP contribution < -0.4 is 10.5 Å². The molecule has 2 nitrogen and oxygen atoms in total. The lowest BCUT2D eigenvalue weighted by molar-refractivity contribution is 0.414. The van der Waals surface area contributed by atoms with Gasteiger partial charge >= 0.3 is 0 Å². The maximum atomic E-state index is 6.16. The molecule has 0 saturated heterocycles. The maximum Gasteiger partial charge on any atom is 0.118 e. The molecule has 1 aliphatic rings. The molecule has 70 valence electrons. The topological polar surface area (TPSA) is 35.2 Å². The molecular formula is C11H15NO. The molecule has 0 aromatic heterocycles.